The fourth-order valence-corrected chi connectivity index (χ4v) is 3.06. The first-order chi connectivity index (χ1) is 11.3. The molecule has 8 heteroatoms. The summed E-state index contributed by atoms with van der Waals surface area (Å²) in [6.45, 7) is -0.399. The lowest BCUT2D eigenvalue weighted by Gasteiger charge is -2.23. The minimum absolute atomic E-state index is 0.103. The van der Waals surface area contributed by atoms with Crippen molar-refractivity contribution in [1.82, 2.24) is 5.32 Å². The number of halogens is 2. The van der Waals surface area contributed by atoms with Crippen molar-refractivity contribution in [3.05, 3.63) is 65.7 Å². The Balaban J connectivity index is 2.13. The summed E-state index contributed by atoms with van der Waals surface area (Å²) in [6.07, 6.45) is 0.845. The fraction of sp³-hybridized carbons (Fsp3) is 0.188. The van der Waals surface area contributed by atoms with Gasteiger partial charge >= 0.3 is 0 Å². The summed E-state index contributed by atoms with van der Waals surface area (Å²) in [6, 6.07) is 11.4. The number of hydrogen-bond donors (Lipinski definition) is 1. The second kappa shape index (κ2) is 7.39. The van der Waals surface area contributed by atoms with E-state index in [-0.39, 0.29) is 13.1 Å². The molecule has 0 radical (unpaired) electrons. The second-order valence-electron chi connectivity index (χ2n) is 5.03. The number of amides is 1. The molecule has 0 aliphatic carbocycles. The number of rotatable bonds is 6. The normalized spacial score (nSPS) is 11.1. The number of para-hydroxylation sites is 1. The summed E-state index contributed by atoms with van der Waals surface area (Å²) < 4.78 is 52.0. The molecule has 5 nitrogen and oxygen atoms in total. The Kier molecular flexibility index (Phi) is 5.50. The molecule has 0 heterocycles. The molecule has 0 fully saturated rings. The Morgan fingerprint density at radius 1 is 1.04 bits per heavy atom. The molecule has 128 valence electrons. The smallest absolute Gasteiger partial charge is 0.251 e. The Bertz CT molecular complexity index is 806. The van der Waals surface area contributed by atoms with E-state index >= 15 is 0 Å². The first-order valence-corrected chi connectivity index (χ1v) is 8.90. The van der Waals surface area contributed by atoms with Gasteiger partial charge in [-0.25, -0.2) is 17.2 Å². The van der Waals surface area contributed by atoms with E-state index in [9.17, 15) is 22.0 Å². The monoisotopic (exact) mass is 354 g/mol. The molecular formula is C16H16F2N2O3S. The number of anilines is 1. The lowest BCUT2D eigenvalue weighted by Crippen LogP contribution is -2.39. The maximum atomic E-state index is 13.8. The maximum Gasteiger partial charge on any atom is 0.251 e. The number of benzene rings is 2. The summed E-state index contributed by atoms with van der Waals surface area (Å²) in [5, 5.41) is 2.52. The van der Waals surface area contributed by atoms with Gasteiger partial charge in [0.25, 0.3) is 5.91 Å². The first kappa shape index (κ1) is 17.9. The van der Waals surface area contributed by atoms with E-state index in [1.165, 1.54) is 0 Å². The summed E-state index contributed by atoms with van der Waals surface area (Å²) >= 11 is 0. The third-order valence-electron chi connectivity index (χ3n) is 3.22. The molecule has 0 saturated carbocycles. The topological polar surface area (TPSA) is 66.5 Å². The Morgan fingerprint density at radius 2 is 1.62 bits per heavy atom. The second-order valence-corrected chi connectivity index (χ2v) is 6.93. The largest absolute Gasteiger partial charge is 0.350 e. The summed E-state index contributed by atoms with van der Waals surface area (Å²) in [4.78, 5) is 11.9. The lowest BCUT2D eigenvalue weighted by atomic mass is 10.2. The predicted octanol–water partition coefficient (Wildman–Crippen LogP) is 2.16. The van der Waals surface area contributed by atoms with E-state index < -0.39 is 33.3 Å². The van der Waals surface area contributed by atoms with Crippen LogP contribution in [0.2, 0.25) is 0 Å². The van der Waals surface area contributed by atoms with Crippen molar-refractivity contribution in [2.75, 3.05) is 23.7 Å². The molecule has 0 bridgehead atoms. The van der Waals surface area contributed by atoms with E-state index in [4.69, 9.17) is 0 Å². The zero-order chi connectivity index (χ0) is 17.7. The highest BCUT2D eigenvalue weighted by Gasteiger charge is 2.24. The molecule has 0 aliphatic rings. The molecule has 2 rings (SSSR count). The van der Waals surface area contributed by atoms with Gasteiger partial charge in [0.15, 0.2) is 11.6 Å². The van der Waals surface area contributed by atoms with Crippen LogP contribution in [0.4, 0.5) is 14.5 Å². The van der Waals surface area contributed by atoms with Crippen molar-refractivity contribution < 1.29 is 22.0 Å². The fourth-order valence-electron chi connectivity index (χ4n) is 2.13. The van der Waals surface area contributed by atoms with Crippen LogP contribution in [0.1, 0.15) is 10.4 Å². The number of sulfonamides is 1. The average molecular weight is 354 g/mol. The highest BCUT2D eigenvalue weighted by molar-refractivity contribution is 7.92. The van der Waals surface area contributed by atoms with Gasteiger partial charge in [-0.15, -0.1) is 0 Å². The zero-order valence-electron chi connectivity index (χ0n) is 12.9. The first-order valence-electron chi connectivity index (χ1n) is 7.05. The number of hydrogen-bond acceptors (Lipinski definition) is 3. The molecular weight excluding hydrogens is 338 g/mol. The molecule has 1 amide bonds. The van der Waals surface area contributed by atoms with E-state index in [1.54, 1.807) is 30.3 Å². The van der Waals surface area contributed by atoms with Crippen molar-refractivity contribution in [2.45, 2.75) is 0 Å². The SMILES string of the molecule is CS(=O)(=O)N(CCNC(=O)c1ccccc1)c1c(F)cccc1F. The minimum atomic E-state index is -3.92. The van der Waals surface area contributed by atoms with Crippen LogP contribution in [0.3, 0.4) is 0 Å². The van der Waals surface area contributed by atoms with Crippen LogP contribution in [0.15, 0.2) is 48.5 Å². The minimum Gasteiger partial charge on any atom is -0.350 e. The van der Waals surface area contributed by atoms with Crippen molar-refractivity contribution in [3.8, 4) is 0 Å². The van der Waals surface area contributed by atoms with Gasteiger partial charge in [0.1, 0.15) is 5.69 Å². The molecule has 2 aromatic rings. The number of nitrogens with zero attached hydrogens (tertiary/aromatic N) is 1. The van der Waals surface area contributed by atoms with E-state index in [1.807, 2.05) is 0 Å². The highest BCUT2D eigenvalue weighted by atomic mass is 32.2. The van der Waals surface area contributed by atoms with Crippen LogP contribution in [0, 0.1) is 11.6 Å². The van der Waals surface area contributed by atoms with Gasteiger partial charge in [-0.2, -0.15) is 0 Å². The van der Waals surface area contributed by atoms with Crippen LogP contribution in [0.5, 0.6) is 0 Å². The molecule has 0 saturated heterocycles. The summed E-state index contributed by atoms with van der Waals surface area (Å²) in [7, 11) is -3.92. The van der Waals surface area contributed by atoms with Gasteiger partial charge in [0.05, 0.1) is 12.8 Å². The van der Waals surface area contributed by atoms with Crippen LogP contribution in [-0.2, 0) is 10.0 Å². The molecule has 24 heavy (non-hydrogen) atoms. The third kappa shape index (κ3) is 4.29. The quantitative estimate of drug-likeness (QED) is 0.864. The average Bonchev–Trinajstić information content (AvgIpc) is 2.52. The highest BCUT2D eigenvalue weighted by Crippen LogP contribution is 2.24. The molecule has 0 spiro atoms. The molecule has 0 aliphatic heterocycles. The van der Waals surface area contributed by atoms with E-state index in [0.717, 1.165) is 24.5 Å². The number of nitrogens with one attached hydrogen (secondary N) is 1. The van der Waals surface area contributed by atoms with Crippen LogP contribution >= 0.6 is 0 Å². The van der Waals surface area contributed by atoms with Crippen molar-refractivity contribution in [1.29, 1.82) is 0 Å². The maximum absolute atomic E-state index is 13.8. The van der Waals surface area contributed by atoms with E-state index in [2.05, 4.69) is 5.32 Å². The van der Waals surface area contributed by atoms with Gasteiger partial charge < -0.3 is 5.32 Å². The molecule has 2 aromatic carbocycles. The van der Waals surface area contributed by atoms with Crippen molar-refractivity contribution in [3.63, 3.8) is 0 Å². The van der Waals surface area contributed by atoms with Gasteiger partial charge in [-0.3, -0.25) is 9.10 Å². The molecule has 0 aromatic heterocycles. The Hall–Kier alpha value is -2.48. The predicted molar refractivity (Wildman–Crippen MR) is 87.3 cm³/mol. The zero-order valence-corrected chi connectivity index (χ0v) is 13.7. The van der Waals surface area contributed by atoms with Crippen LogP contribution < -0.4 is 9.62 Å². The Labute approximate surface area is 139 Å². The van der Waals surface area contributed by atoms with Crippen LogP contribution in [0.25, 0.3) is 0 Å². The standard InChI is InChI=1S/C16H16F2N2O3S/c1-24(22,23)20(15-13(17)8-5-9-14(15)18)11-10-19-16(21)12-6-3-2-4-7-12/h2-9H,10-11H2,1H3,(H,19,21). The number of carbonyl (C=O) groups is 1. The van der Waals surface area contributed by atoms with Gasteiger partial charge in [-0.1, -0.05) is 24.3 Å². The van der Waals surface area contributed by atoms with Gasteiger partial charge in [-0.05, 0) is 24.3 Å². The van der Waals surface area contributed by atoms with Gasteiger partial charge in [0.2, 0.25) is 10.0 Å². The summed E-state index contributed by atoms with van der Waals surface area (Å²) in [5.74, 6) is -2.39. The molecule has 1 N–H and O–H groups in total. The molecule has 0 unspecified atom stereocenters. The van der Waals surface area contributed by atoms with Crippen molar-refractivity contribution >= 4 is 21.6 Å². The number of carbonyl (C=O) groups excluding carboxylic acids is 1. The van der Waals surface area contributed by atoms with Crippen molar-refractivity contribution in [2.24, 2.45) is 0 Å². The summed E-state index contributed by atoms with van der Waals surface area (Å²) in [5.41, 5.74) is -0.255. The van der Waals surface area contributed by atoms with E-state index in [0.29, 0.717) is 9.87 Å². The lowest BCUT2D eigenvalue weighted by molar-refractivity contribution is 0.0955. The van der Waals surface area contributed by atoms with Gasteiger partial charge in [0, 0.05) is 12.1 Å². The third-order valence-corrected chi connectivity index (χ3v) is 4.39. The Morgan fingerprint density at radius 3 is 2.17 bits per heavy atom. The molecule has 0 atom stereocenters. The van der Waals surface area contributed by atoms with Crippen LogP contribution in [-0.4, -0.2) is 33.7 Å².